The summed E-state index contributed by atoms with van der Waals surface area (Å²) in [7, 11) is 1.52. The molecular formula is C27H30N4O6S. The number of nitrogens with zero attached hydrogens (tertiary/aromatic N) is 4. The van der Waals surface area contributed by atoms with Crippen LogP contribution in [0, 0.1) is 0 Å². The second-order valence-electron chi connectivity index (χ2n) is 10.0. The largest absolute Gasteiger partial charge is 0.507 e. The van der Waals surface area contributed by atoms with Gasteiger partial charge in [-0.15, -0.1) is 0 Å². The summed E-state index contributed by atoms with van der Waals surface area (Å²) in [6, 6.07) is 12.4. The summed E-state index contributed by atoms with van der Waals surface area (Å²) < 4.78 is 27.3. The molecule has 3 heterocycles. The average molecular weight is 539 g/mol. The fraction of sp³-hybridized carbons (Fsp3) is 0.370. The van der Waals surface area contributed by atoms with E-state index in [0.717, 1.165) is 12.8 Å². The molecule has 2 fully saturated rings. The highest BCUT2D eigenvalue weighted by molar-refractivity contribution is 7.89. The quantitative estimate of drug-likeness (QED) is 0.337. The summed E-state index contributed by atoms with van der Waals surface area (Å²) in [5.41, 5.74) is -1.05. The van der Waals surface area contributed by atoms with Gasteiger partial charge in [-0.05, 0) is 57.3 Å². The molecule has 200 valence electrons. The predicted molar refractivity (Wildman–Crippen MR) is 141 cm³/mol. The van der Waals surface area contributed by atoms with E-state index in [0.29, 0.717) is 30.9 Å². The zero-order chi connectivity index (χ0) is 27.4. The maximum atomic E-state index is 13.9. The van der Waals surface area contributed by atoms with Crippen molar-refractivity contribution in [3.63, 3.8) is 0 Å². The SMILES string of the molecule is CN(C)CCN1C(=O)C(=O)C(=C(O)c2ccc(S(=O)(=O)N3CCCC3)cc2)[C@]12C(=O)N(C)c1ccccc12. The minimum atomic E-state index is -3.68. The number of ketones is 1. The number of aliphatic hydroxyl groups is 1. The molecule has 11 heteroatoms. The molecule has 2 saturated heterocycles. The first-order chi connectivity index (χ1) is 18.0. The highest BCUT2D eigenvalue weighted by Crippen LogP contribution is 2.53. The summed E-state index contributed by atoms with van der Waals surface area (Å²) in [6.07, 6.45) is 1.60. The van der Waals surface area contributed by atoms with Crippen LogP contribution in [0.15, 0.2) is 59.0 Å². The first-order valence-electron chi connectivity index (χ1n) is 12.5. The van der Waals surface area contributed by atoms with Crippen LogP contribution < -0.4 is 4.90 Å². The smallest absolute Gasteiger partial charge is 0.296 e. The van der Waals surface area contributed by atoms with Gasteiger partial charge in [0, 0.05) is 50.0 Å². The number of hydrogen-bond donors (Lipinski definition) is 1. The maximum Gasteiger partial charge on any atom is 0.296 e. The predicted octanol–water partition coefficient (Wildman–Crippen LogP) is 1.59. The van der Waals surface area contributed by atoms with Crippen LogP contribution >= 0.6 is 0 Å². The number of benzene rings is 2. The number of para-hydroxylation sites is 1. The molecule has 3 aliphatic rings. The van der Waals surface area contributed by atoms with Gasteiger partial charge in [-0.25, -0.2) is 8.42 Å². The molecule has 38 heavy (non-hydrogen) atoms. The Labute approximate surface area is 221 Å². The topological polar surface area (TPSA) is 119 Å². The molecule has 0 radical (unpaired) electrons. The van der Waals surface area contributed by atoms with Crippen molar-refractivity contribution in [2.45, 2.75) is 23.3 Å². The van der Waals surface area contributed by atoms with Gasteiger partial charge < -0.3 is 19.8 Å². The summed E-state index contributed by atoms with van der Waals surface area (Å²) in [5.74, 6) is -2.89. The maximum absolute atomic E-state index is 13.9. The number of amides is 2. The molecule has 0 aliphatic carbocycles. The Hall–Kier alpha value is -3.54. The lowest BCUT2D eigenvalue weighted by atomic mass is 9.82. The van der Waals surface area contributed by atoms with Gasteiger partial charge in [0.05, 0.1) is 10.5 Å². The highest BCUT2D eigenvalue weighted by Gasteiger charge is 2.66. The molecule has 5 rings (SSSR count). The normalized spacial score (nSPS) is 23.3. The molecule has 2 aromatic rings. The molecule has 0 aromatic heterocycles. The number of anilines is 1. The Morgan fingerprint density at radius 2 is 1.63 bits per heavy atom. The van der Waals surface area contributed by atoms with Crippen molar-refractivity contribution in [3.05, 3.63) is 65.2 Å². The van der Waals surface area contributed by atoms with Gasteiger partial charge in [0.1, 0.15) is 5.76 Å². The third-order valence-electron chi connectivity index (χ3n) is 7.54. The number of carbonyl (C=O) groups is 3. The van der Waals surface area contributed by atoms with Gasteiger partial charge in [0.2, 0.25) is 10.0 Å². The monoisotopic (exact) mass is 538 g/mol. The van der Waals surface area contributed by atoms with Gasteiger partial charge >= 0.3 is 0 Å². The number of sulfonamides is 1. The number of likely N-dealkylation sites (tertiary alicyclic amines) is 1. The number of hydrogen-bond acceptors (Lipinski definition) is 7. The van der Waals surface area contributed by atoms with Crippen molar-refractivity contribution in [3.8, 4) is 0 Å². The van der Waals surface area contributed by atoms with E-state index in [1.165, 1.54) is 38.4 Å². The van der Waals surface area contributed by atoms with Gasteiger partial charge in [-0.3, -0.25) is 14.4 Å². The molecule has 1 N–H and O–H groups in total. The van der Waals surface area contributed by atoms with Crippen molar-refractivity contribution in [1.29, 1.82) is 0 Å². The van der Waals surface area contributed by atoms with E-state index in [2.05, 4.69) is 0 Å². The summed E-state index contributed by atoms with van der Waals surface area (Å²) >= 11 is 0. The number of rotatable bonds is 6. The molecule has 10 nitrogen and oxygen atoms in total. The Morgan fingerprint density at radius 1 is 1.00 bits per heavy atom. The zero-order valence-corrected chi connectivity index (χ0v) is 22.4. The average Bonchev–Trinajstić information content (AvgIpc) is 3.58. The van der Waals surface area contributed by atoms with Crippen LogP contribution in [0.25, 0.3) is 5.76 Å². The van der Waals surface area contributed by atoms with E-state index < -0.39 is 38.9 Å². The number of Topliss-reactive ketones (excluding diaryl/α,β-unsaturated/α-hetero) is 1. The minimum Gasteiger partial charge on any atom is -0.507 e. The van der Waals surface area contributed by atoms with E-state index >= 15 is 0 Å². The van der Waals surface area contributed by atoms with Crippen LogP contribution in [0.3, 0.4) is 0 Å². The first kappa shape index (κ1) is 26.1. The van der Waals surface area contributed by atoms with Gasteiger partial charge in [0.15, 0.2) is 5.54 Å². The van der Waals surface area contributed by atoms with Crippen LogP contribution in [0.5, 0.6) is 0 Å². The van der Waals surface area contributed by atoms with Gasteiger partial charge in [-0.2, -0.15) is 4.31 Å². The van der Waals surface area contributed by atoms with Crippen molar-refractivity contribution in [2.24, 2.45) is 0 Å². The Bertz CT molecular complexity index is 1460. The third kappa shape index (κ3) is 3.68. The van der Waals surface area contributed by atoms with Crippen LogP contribution in [-0.4, -0.2) is 92.5 Å². The molecule has 0 bridgehead atoms. The molecule has 1 atom stereocenters. The standard InChI is InChI=1S/C27H30N4O6S/c1-28(2)16-17-31-25(34)24(33)22(27(31)20-8-4-5-9-21(20)29(3)26(27)35)23(32)18-10-12-19(13-11-18)38(36,37)30-14-6-7-15-30/h4-5,8-13,32H,6-7,14-17H2,1-3H3/t27-/m1/s1. The minimum absolute atomic E-state index is 0.0686. The Kier molecular flexibility index (Phi) is 6.41. The molecular weight excluding hydrogens is 508 g/mol. The Balaban J connectivity index is 1.67. The van der Waals surface area contributed by atoms with Crippen LogP contribution in [0.4, 0.5) is 5.69 Å². The molecule has 1 spiro atoms. The molecule has 3 aliphatic heterocycles. The van der Waals surface area contributed by atoms with E-state index in [-0.39, 0.29) is 22.6 Å². The Morgan fingerprint density at radius 3 is 2.26 bits per heavy atom. The molecule has 0 unspecified atom stereocenters. The fourth-order valence-electron chi connectivity index (χ4n) is 5.58. The molecule has 0 saturated carbocycles. The van der Waals surface area contributed by atoms with Crippen molar-refractivity contribution in [1.82, 2.24) is 14.1 Å². The lowest BCUT2D eigenvalue weighted by Gasteiger charge is -2.34. The van der Waals surface area contributed by atoms with Gasteiger partial charge in [-0.1, -0.05) is 18.2 Å². The summed E-state index contributed by atoms with van der Waals surface area (Å²) in [5, 5.41) is 11.5. The number of fused-ring (bicyclic) bond motifs is 2. The lowest BCUT2D eigenvalue weighted by molar-refractivity contribution is -0.143. The molecule has 2 amide bonds. The van der Waals surface area contributed by atoms with Gasteiger partial charge in [0.25, 0.3) is 17.6 Å². The summed E-state index contributed by atoms with van der Waals surface area (Å²) in [6.45, 7) is 1.37. The number of likely N-dealkylation sites (N-methyl/N-ethyl adjacent to an activating group) is 2. The van der Waals surface area contributed by atoms with E-state index in [9.17, 15) is 27.9 Å². The highest BCUT2D eigenvalue weighted by atomic mass is 32.2. The second kappa shape index (κ2) is 9.33. The zero-order valence-electron chi connectivity index (χ0n) is 21.5. The number of carbonyl (C=O) groups excluding carboxylic acids is 3. The van der Waals surface area contributed by atoms with Crippen molar-refractivity contribution in [2.75, 3.05) is 52.2 Å². The number of aliphatic hydroxyl groups excluding tert-OH is 1. The second-order valence-corrected chi connectivity index (χ2v) is 12.0. The first-order valence-corrected chi connectivity index (χ1v) is 13.9. The van der Waals surface area contributed by atoms with E-state index in [1.54, 1.807) is 31.3 Å². The van der Waals surface area contributed by atoms with Crippen molar-refractivity contribution < 1.29 is 27.9 Å². The van der Waals surface area contributed by atoms with Crippen LogP contribution in [0.2, 0.25) is 0 Å². The lowest BCUT2D eigenvalue weighted by Crippen LogP contribution is -2.52. The molecule has 2 aromatic carbocycles. The van der Waals surface area contributed by atoms with E-state index in [1.807, 2.05) is 19.0 Å². The fourth-order valence-corrected chi connectivity index (χ4v) is 7.09. The van der Waals surface area contributed by atoms with Crippen LogP contribution in [-0.2, 0) is 29.9 Å². The third-order valence-corrected chi connectivity index (χ3v) is 9.45. The van der Waals surface area contributed by atoms with Crippen LogP contribution in [0.1, 0.15) is 24.0 Å². The van der Waals surface area contributed by atoms with E-state index in [4.69, 9.17) is 0 Å². The summed E-state index contributed by atoms with van der Waals surface area (Å²) in [4.78, 5) is 45.4. The van der Waals surface area contributed by atoms with Crippen molar-refractivity contribution >= 4 is 39.1 Å².